The maximum Gasteiger partial charge on any atom is 0.341 e. The zero-order valence-electron chi connectivity index (χ0n) is 12.0. The van der Waals surface area contributed by atoms with Gasteiger partial charge in [-0.3, -0.25) is 4.79 Å². The summed E-state index contributed by atoms with van der Waals surface area (Å²) in [5, 5.41) is 2.41. The summed E-state index contributed by atoms with van der Waals surface area (Å²) in [6.45, 7) is 1.29. The number of hydrogen-bond acceptors (Lipinski definition) is 3. The second-order valence-electron chi connectivity index (χ2n) is 4.67. The summed E-state index contributed by atoms with van der Waals surface area (Å²) in [6, 6.07) is 7.35. The molecular weight excluding hydrogens is 311 g/mol. The van der Waals surface area contributed by atoms with Crippen LogP contribution in [0.2, 0.25) is 0 Å². The topological polar surface area (TPSA) is 55.4 Å². The van der Waals surface area contributed by atoms with Crippen LogP contribution in [0.3, 0.4) is 0 Å². The van der Waals surface area contributed by atoms with Crippen LogP contribution in [-0.2, 0) is 9.53 Å². The molecule has 0 saturated heterocycles. The molecule has 1 atom stereocenters. The standard InChI is InChI=1S/C16H12F3NO3/c1-9(15(21)20-12-5-2-10(17)3-6-12)23-16(22)13-7-4-11(18)8-14(13)19/h2-9H,1H3,(H,20,21)/t9-/m1/s1. The molecule has 2 aromatic rings. The number of esters is 1. The molecule has 7 heteroatoms. The SMILES string of the molecule is C[C@@H](OC(=O)c1ccc(F)cc1F)C(=O)Nc1ccc(F)cc1. The lowest BCUT2D eigenvalue weighted by Gasteiger charge is -2.13. The van der Waals surface area contributed by atoms with Gasteiger partial charge in [0.15, 0.2) is 6.10 Å². The third-order valence-electron chi connectivity index (χ3n) is 2.92. The minimum atomic E-state index is -1.22. The number of nitrogens with one attached hydrogen (secondary N) is 1. The molecule has 0 aliphatic rings. The van der Waals surface area contributed by atoms with Crippen molar-refractivity contribution in [3.8, 4) is 0 Å². The first-order valence-electron chi connectivity index (χ1n) is 6.59. The van der Waals surface area contributed by atoms with Gasteiger partial charge in [-0.15, -0.1) is 0 Å². The van der Waals surface area contributed by atoms with Crippen molar-refractivity contribution in [1.29, 1.82) is 0 Å². The van der Waals surface area contributed by atoms with Crippen LogP contribution < -0.4 is 5.32 Å². The van der Waals surface area contributed by atoms with Crippen LogP contribution in [-0.4, -0.2) is 18.0 Å². The van der Waals surface area contributed by atoms with E-state index in [1.54, 1.807) is 0 Å². The van der Waals surface area contributed by atoms with Gasteiger partial charge < -0.3 is 10.1 Å². The van der Waals surface area contributed by atoms with Crippen LogP contribution in [0.15, 0.2) is 42.5 Å². The van der Waals surface area contributed by atoms with E-state index in [4.69, 9.17) is 4.74 Å². The highest BCUT2D eigenvalue weighted by Gasteiger charge is 2.21. The van der Waals surface area contributed by atoms with E-state index in [0.717, 1.165) is 24.3 Å². The van der Waals surface area contributed by atoms with Gasteiger partial charge in [-0.25, -0.2) is 18.0 Å². The number of ether oxygens (including phenoxy) is 1. The number of carbonyl (C=O) groups is 2. The Labute approximate surface area is 129 Å². The summed E-state index contributed by atoms with van der Waals surface area (Å²) in [5.74, 6) is -4.15. The van der Waals surface area contributed by atoms with E-state index in [9.17, 15) is 22.8 Å². The van der Waals surface area contributed by atoms with E-state index in [1.165, 1.54) is 19.1 Å². The highest BCUT2D eigenvalue weighted by Crippen LogP contribution is 2.13. The highest BCUT2D eigenvalue weighted by molar-refractivity contribution is 5.97. The molecule has 1 amide bonds. The summed E-state index contributed by atoms with van der Waals surface area (Å²) in [6.07, 6.45) is -1.22. The summed E-state index contributed by atoms with van der Waals surface area (Å²) in [7, 11) is 0. The zero-order chi connectivity index (χ0) is 17.0. The molecule has 0 heterocycles. The van der Waals surface area contributed by atoms with Gasteiger partial charge in [0.25, 0.3) is 5.91 Å². The Morgan fingerprint density at radius 1 is 1.00 bits per heavy atom. The minimum Gasteiger partial charge on any atom is -0.449 e. The maximum absolute atomic E-state index is 13.5. The van der Waals surface area contributed by atoms with Crippen molar-refractivity contribution >= 4 is 17.6 Å². The monoisotopic (exact) mass is 323 g/mol. The first kappa shape index (κ1) is 16.5. The Hall–Kier alpha value is -2.83. The average Bonchev–Trinajstić information content (AvgIpc) is 2.49. The predicted octanol–water partition coefficient (Wildman–Crippen LogP) is 3.29. The van der Waals surface area contributed by atoms with Crippen LogP contribution in [0.5, 0.6) is 0 Å². The Morgan fingerprint density at radius 3 is 2.22 bits per heavy atom. The maximum atomic E-state index is 13.5. The van der Waals surface area contributed by atoms with Crippen molar-refractivity contribution < 1.29 is 27.5 Å². The normalized spacial score (nSPS) is 11.7. The number of rotatable bonds is 4. The van der Waals surface area contributed by atoms with Crippen LogP contribution >= 0.6 is 0 Å². The first-order chi connectivity index (χ1) is 10.9. The molecule has 120 valence electrons. The molecule has 0 aliphatic heterocycles. The zero-order valence-corrected chi connectivity index (χ0v) is 12.0. The van der Waals surface area contributed by atoms with Crippen LogP contribution in [0.25, 0.3) is 0 Å². The molecular formula is C16H12F3NO3. The molecule has 0 saturated carbocycles. The lowest BCUT2D eigenvalue weighted by molar-refractivity contribution is -0.123. The van der Waals surface area contributed by atoms with E-state index in [0.29, 0.717) is 11.8 Å². The molecule has 23 heavy (non-hydrogen) atoms. The van der Waals surface area contributed by atoms with E-state index < -0.39 is 41.0 Å². The quantitative estimate of drug-likeness (QED) is 0.879. The average molecular weight is 323 g/mol. The summed E-state index contributed by atoms with van der Waals surface area (Å²) in [5.41, 5.74) is -0.167. The number of amides is 1. The Bertz CT molecular complexity index is 732. The van der Waals surface area contributed by atoms with Crippen molar-refractivity contribution in [2.45, 2.75) is 13.0 Å². The van der Waals surface area contributed by atoms with Crippen molar-refractivity contribution in [3.63, 3.8) is 0 Å². The highest BCUT2D eigenvalue weighted by atomic mass is 19.1. The van der Waals surface area contributed by atoms with Gasteiger partial charge in [0.05, 0.1) is 5.56 Å². The molecule has 0 unspecified atom stereocenters. The van der Waals surface area contributed by atoms with Gasteiger partial charge in [-0.1, -0.05) is 0 Å². The van der Waals surface area contributed by atoms with E-state index in [-0.39, 0.29) is 0 Å². The smallest absolute Gasteiger partial charge is 0.341 e. The number of anilines is 1. The second-order valence-corrected chi connectivity index (χ2v) is 4.67. The molecule has 0 spiro atoms. The molecule has 2 aromatic carbocycles. The number of halogens is 3. The number of carbonyl (C=O) groups excluding carboxylic acids is 2. The van der Waals surface area contributed by atoms with Crippen molar-refractivity contribution in [3.05, 3.63) is 65.5 Å². The second kappa shape index (κ2) is 6.95. The van der Waals surface area contributed by atoms with Gasteiger partial charge in [0, 0.05) is 11.8 Å². The van der Waals surface area contributed by atoms with Gasteiger partial charge in [0.1, 0.15) is 17.5 Å². The Balaban J connectivity index is 2.00. The molecule has 0 aliphatic carbocycles. The number of hydrogen-bond donors (Lipinski definition) is 1. The van der Waals surface area contributed by atoms with E-state index in [1.807, 2.05) is 0 Å². The molecule has 0 bridgehead atoms. The summed E-state index contributed by atoms with van der Waals surface area (Å²) < 4.78 is 43.8. The van der Waals surface area contributed by atoms with Gasteiger partial charge in [-0.2, -0.15) is 0 Å². The van der Waals surface area contributed by atoms with Crippen molar-refractivity contribution in [2.24, 2.45) is 0 Å². The third kappa shape index (κ3) is 4.32. The Morgan fingerprint density at radius 2 is 1.61 bits per heavy atom. The molecule has 0 radical (unpaired) electrons. The molecule has 0 aromatic heterocycles. The largest absolute Gasteiger partial charge is 0.449 e. The molecule has 4 nitrogen and oxygen atoms in total. The van der Waals surface area contributed by atoms with Crippen molar-refractivity contribution in [2.75, 3.05) is 5.32 Å². The first-order valence-corrected chi connectivity index (χ1v) is 6.59. The minimum absolute atomic E-state index is 0.312. The third-order valence-corrected chi connectivity index (χ3v) is 2.92. The van der Waals surface area contributed by atoms with Gasteiger partial charge in [-0.05, 0) is 43.3 Å². The molecule has 0 fully saturated rings. The lowest BCUT2D eigenvalue weighted by Crippen LogP contribution is -2.30. The fourth-order valence-corrected chi connectivity index (χ4v) is 1.71. The molecule has 2 rings (SSSR count). The van der Waals surface area contributed by atoms with Crippen LogP contribution in [0, 0.1) is 17.5 Å². The molecule has 1 N–H and O–H groups in total. The van der Waals surface area contributed by atoms with Crippen LogP contribution in [0.1, 0.15) is 17.3 Å². The summed E-state index contributed by atoms with van der Waals surface area (Å²) >= 11 is 0. The fraction of sp³-hybridized carbons (Fsp3) is 0.125. The van der Waals surface area contributed by atoms with Gasteiger partial charge >= 0.3 is 5.97 Å². The summed E-state index contributed by atoms with van der Waals surface area (Å²) in [4.78, 5) is 23.6. The van der Waals surface area contributed by atoms with E-state index in [2.05, 4.69) is 5.32 Å². The van der Waals surface area contributed by atoms with E-state index >= 15 is 0 Å². The van der Waals surface area contributed by atoms with Gasteiger partial charge in [0.2, 0.25) is 0 Å². The predicted molar refractivity (Wildman–Crippen MR) is 76.3 cm³/mol. The number of benzene rings is 2. The Kier molecular flexibility index (Phi) is 5.00. The van der Waals surface area contributed by atoms with Crippen LogP contribution in [0.4, 0.5) is 18.9 Å². The fourth-order valence-electron chi connectivity index (χ4n) is 1.71. The lowest BCUT2D eigenvalue weighted by atomic mass is 10.2. The van der Waals surface area contributed by atoms with Crippen molar-refractivity contribution in [1.82, 2.24) is 0 Å².